The second-order valence-electron chi connectivity index (χ2n) is 5.14. The molecule has 0 radical (unpaired) electrons. The van der Waals surface area contributed by atoms with Gasteiger partial charge in [-0.2, -0.15) is 0 Å². The molecule has 4 nitrogen and oxygen atoms in total. The molecule has 0 aromatic rings. The molecule has 0 N–H and O–H groups in total. The van der Waals surface area contributed by atoms with Crippen molar-refractivity contribution < 1.29 is 19.1 Å². The highest BCUT2D eigenvalue weighted by Gasteiger charge is 2.16. The third-order valence-corrected chi connectivity index (χ3v) is 4.04. The van der Waals surface area contributed by atoms with Gasteiger partial charge in [-0.05, 0) is 26.7 Å². The second kappa shape index (κ2) is 14.1. The molecule has 0 aromatic carbocycles. The number of esters is 2. The Kier molecular flexibility index (Phi) is 13.8. The Balaban J connectivity index is 3.44. The maximum atomic E-state index is 11.3. The van der Waals surface area contributed by atoms with Crippen molar-refractivity contribution >= 4 is 35.1 Å². The molecule has 2 unspecified atom stereocenters. The number of carbonyl (C=O) groups is 2. The van der Waals surface area contributed by atoms with Crippen LogP contribution in [0.5, 0.6) is 0 Å². The summed E-state index contributed by atoms with van der Waals surface area (Å²) in [5.74, 6) is -0.646. The van der Waals surface area contributed by atoms with Crippen LogP contribution in [0.15, 0.2) is 0 Å². The summed E-state index contributed by atoms with van der Waals surface area (Å²) in [7, 11) is 0. The lowest BCUT2D eigenvalue weighted by Crippen LogP contribution is -2.17. The lowest BCUT2D eigenvalue weighted by Gasteiger charge is -2.09. The summed E-state index contributed by atoms with van der Waals surface area (Å²) >= 11 is 11.9. The summed E-state index contributed by atoms with van der Waals surface area (Å²) in [6.07, 6.45) is 7.45. The van der Waals surface area contributed by atoms with E-state index in [1.165, 1.54) is 0 Å². The molecule has 0 saturated heterocycles. The molecule has 2 atom stereocenters. The molecule has 0 amide bonds. The molecule has 0 aliphatic heterocycles. The van der Waals surface area contributed by atoms with E-state index in [0.717, 1.165) is 38.5 Å². The van der Waals surface area contributed by atoms with Gasteiger partial charge in [0.15, 0.2) is 0 Å². The van der Waals surface area contributed by atoms with E-state index in [-0.39, 0.29) is 11.9 Å². The number of halogens is 2. The van der Waals surface area contributed by atoms with Gasteiger partial charge >= 0.3 is 11.9 Å². The predicted molar refractivity (Wildman–Crippen MR) is 89.5 cm³/mol. The Morgan fingerprint density at radius 2 is 1.05 bits per heavy atom. The van der Waals surface area contributed by atoms with Crippen molar-refractivity contribution in [1.82, 2.24) is 0 Å². The van der Waals surface area contributed by atoms with Gasteiger partial charge in [0.25, 0.3) is 0 Å². The molecular formula is C16H28Cl2O4. The van der Waals surface area contributed by atoms with Gasteiger partial charge in [0, 0.05) is 0 Å². The summed E-state index contributed by atoms with van der Waals surface area (Å²) in [6, 6.07) is 0. The second-order valence-corrected chi connectivity index (χ2v) is 6.19. The number of alkyl halides is 2. The van der Waals surface area contributed by atoms with Gasteiger partial charge in [0.2, 0.25) is 0 Å². The third kappa shape index (κ3) is 11.1. The molecule has 22 heavy (non-hydrogen) atoms. The fourth-order valence-electron chi connectivity index (χ4n) is 2.06. The number of unbranched alkanes of at least 4 members (excludes halogenated alkanes) is 5. The first-order valence-electron chi connectivity index (χ1n) is 8.14. The maximum Gasteiger partial charge on any atom is 0.324 e. The molecule has 0 bridgehead atoms. The molecule has 0 spiro atoms. The highest BCUT2D eigenvalue weighted by molar-refractivity contribution is 6.30. The van der Waals surface area contributed by atoms with Crippen molar-refractivity contribution in [1.29, 1.82) is 0 Å². The van der Waals surface area contributed by atoms with E-state index >= 15 is 0 Å². The van der Waals surface area contributed by atoms with Crippen molar-refractivity contribution in [3.63, 3.8) is 0 Å². The predicted octanol–water partition coefficient (Wildman–Crippen LogP) is 4.45. The van der Waals surface area contributed by atoms with E-state index in [1.54, 1.807) is 13.8 Å². The summed E-state index contributed by atoms with van der Waals surface area (Å²) < 4.78 is 9.70. The van der Waals surface area contributed by atoms with Crippen molar-refractivity contribution in [2.75, 3.05) is 13.2 Å². The number of carbonyl (C=O) groups excluding carboxylic acids is 2. The number of ether oxygens (including phenoxy) is 2. The maximum absolute atomic E-state index is 11.3. The minimum atomic E-state index is -0.526. The van der Waals surface area contributed by atoms with Gasteiger partial charge in [0.1, 0.15) is 10.8 Å². The molecule has 0 aliphatic carbocycles. The Hall–Kier alpha value is -0.480. The van der Waals surface area contributed by atoms with Crippen molar-refractivity contribution in [2.24, 2.45) is 0 Å². The van der Waals surface area contributed by atoms with Crippen molar-refractivity contribution in [2.45, 2.75) is 76.0 Å². The Morgan fingerprint density at radius 1 is 0.727 bits per heavy atom. The molecule has 0 aromatic heterocycles. The zero-order valence-corrected chi connectivity index (χ0v) is 15.1. The highest BCUT2D eigenvalue weighted by Crippen LogP contribution is 2.15. The van der Waals surface area contributed by atoms with Gasteiger partial charge in [-0.3, -0.25) is 9.59 Å². The van der Waals surface area contributed by atoms with E-state index in [4.69, 9.17) is 32.7 Å². The molecule has 0 saturated carbocycles. The summed E-state index contributed by atoms with van der Waals surface area (Å²) in [4.78, 5) is 22.6. The fraction of sp³-hybridized carbons (Fsp3) is 0.875. The SMILES string of the molecule is CCOC(=O)C(Cl)CCCCCCCCC(Cl)C(=O)OCC. The van der Waals surface area contributed by atoms with E-state index in [1.807, 2.05) is 0 Å². The third-order valence-electron chi connectivity index (χ3n) is 3.25. The number of hydrogen-bond acceptors (Lipinski definition) is 4. The van der Waals surface area contributed by atoms with E-state index in [0.29, 0.717) is 26.1 Å². The number of hydrogen-bond donors (Lipinski definition) is 0. The molecule has 130 valence electrons. The standard InChI is InChI=1S/C16H28Cl2O4/c1-3-21-15(19)13(17)11-9-7-5-6-8-10-12-14(18)16(20)22-4-2/h13-14H,3-12H2,1-2H3. The minimum Gasteiger partial charge on any atom is -0.465 e. The van der Waals surface area contributed by atoms with E-state index in [2.05, 4.69) is 0 Å². The van der Waals surface area contributed by atoms with Crippen molar-refractivity contribution in [3.8, 4) is 0 Å². The zero-order valence-electron chi connectivity index (χ0n) is 13.6. The van der Waals surface area contributed by atoms with Crippen LogP contribution < -0.4 is 0 Å². The molecule has 0 fully saturated rings. The van der Waals surface area contributed by atoms with Gasteiger partial charge < -0.3 is 9.47 Å². The van der Waals surface area contributed by atoms with Crippen LogP contribution in [-0.4, -0.2) is 35.9 Å². The van der Waals surface area contributed by atoms with Gasteiger partial charge in [-0.25, -0.2) is 0 Å². The highest BCUT2D eigenvalue weighted by atomic mass is 35.5. The van der Waals surface area contributed by atoms with Gasteiger partial charge in [-0.1, -0.05) is 38.5 Å². The lowest BCUT2D eigenvalue weighted by molar-refractivity contribution is -0.143. The lowest BCUT2D eigenvalue weighted by atomic mass is 10.1. The molecular weight excluding hydrogens is 327 g/mol. The Labute approximate surface area is 143 Å². The molecule has 0 aliphatic rings. The van der Waals surface area contributed by atoms with Gasteiger partial charge in [0.05, 0.1) is 13.2 Å². The van der Waals surface area contributed by atoms with Crippen LogP contribution in [0.1, 0.15) is 65.2 Å². The normalized spacial score (nSPS) is 13.5. The quantitative estimate of drug-likeness (QED) is 0.278. The average molecular weight is 355 g/mol. The smallest absolute Gasteiger partial charge is 0.324 e. The van der Waals surface area contributed by atoms with Crippen molar-refractivity contribution in [3.05, 3.63) is 0 Å². The number of rotatable bonds is 13. The zero-order chi connectivity index (χ0) is 16.8. The average Bonchev–Trinajstić information content (AvgIpc) is 2.49. The van der Waals surface area contributed by atoms with E-state index in [9.17, 15) is 9.59 Å². The summed E-state index contributed by atoms with van der Waals surface area (Å²) in [6.45, 7) is 4.29. The van der Waals surface area contributed by atoms with Crippen LogP contribution in [0.3, 0.4) is 0 Å². The summed E-state index contributed by atoms with van der Waals surface area (Å²) in [5.41, 5.74) is 0. The molecule has 0 heterocycles. The monoisotopic (exact) mass is 354 g/mol. The molecule has 6 heteroatoms. The van der Waals surface area contributed by atoms with E-state index < -0.39 is 10.8 Å². The van der Waals surface area contributed by atoms with Gasteiger partial charge in [-0.15, -0.1) is 23.2 Å². The van der Waals surface area contributed by atoms with Crippen LogP contribution >= 0.6 is 23.2 Å². The van der Waals surface area contributed by atoms with Crippen LogP contribution in [-0.2, 0) is 19.1 Å². The fourth-order valence-corrected chi connectivity index (χ4v) is 2.49. The topological polar surface area (TPSA) is 52.6 Å². The van der Waals surface area contributed by atoms with Crippen LogP contribution in [0.4, 0.5) is 0 Å². The first-order chi connectivity index (χ1) is 10.5. The van der Waals surface area contributed by atoms with Crippen LogP contribution in [0, 0.1) is 0 Å². The Morgan fingerprint density at radius 3 is 1.36 bits per heavy atom. The first-order valence-corrected chi connectivity index (χ1v) is 9.01. The van der Waals surface area contributed by atoms with Crippen LogP contribution in [0.25, 0.3) is 0 Å². The largest absolute Gasteiger partial charge is 0.465 e. The first kappa shape index (κ1) is 21.5. The molecule has 0 rings (SSSR count). The minimum absolute atomic E-state index is 0.323. The summed E-state index contributed by atoms with van der Waals surface area (Å²) in [5, 5.41) is -1.05. The Bertz CT molecular complexity index is 281. The van der Waals surface area contributed by atoms with Crippen LogP contribution in [0.2, 0.25) is 0 Å².